The zero-order valence-electron chi connectivity index (χ0n) is 16.0. The largest absolute Gasteiger partial charge is 0.669 e. The highest BCUT2D eigenvalue weighted by atomic mass is 16.6. The van der Waals surface area contributed by atoms with Crippen LogP contribution in [0.1, 0.15) is 21.6 Å². The second-order valence-corrected chi connectivity index (χ2v) is 7.60. The smallest absolute Gasteiger partial charge is 0.430 e. The number of carbonyl (C=O) groups excluding carboxylic acids is 1. The first-order valence-electron chi connectivity index (χ1n) is 9.60. The Kier molecular flexibility index (Phi) is 5.14. The fourth-order valence-corrected chi connectivity index (χ4v) is 3.65. The van der Waals surface area contributed by atoms with Gasteiger partial charge in [0.25, 0.3) is 0 Å². The van der Waals surface area contributed by atoms with Crippen LogP contribution in [0.3, 0.4) is 0 Å². The maximum Gasteiger partial charge on any atom is 0.430 e. The summed E-state index contributed by atoms with van der Waals surface area (Å²) in [6.45, 7) is -2.58. The van der Waals surface area contributed by atoms with Crippen LogP contribution in [0.5, 0.6) is 11.5 Å². The third-order valence-corrected chi connectivity index (χ3v) is 5.27. The van der Waals surface area contributed by atoms with Crippen LogP contribution < -0.4 is 15.1 Å². The monoisotopic (exact) mass is 417 g/mol. The number of ether oxygens (including phenoxy) is 1. The van der Waals surface area contributed by atoms with Crippen LogP contribution in [-0.4, -0.2) is 73.9 Å². The van der Waals surface area contributed by atoms with E-state index in [2.05, 4.69) is 9.97 Å². The fraction of sp³-hybridized carbons (Fsp3) is 0.389. The molecule has 1 aromatic carbocycles. The highest BCUT2D eigenvalue weighted by Gasteiger charge is 2.37. The number of amides is 1. The summed E-state index contributed by atoms with van der Waals surface area (Å²) < 4.78 is 10.9. The maximum atomic E-state index is 12.4. The molecule has 1 unspecified atom stereocenters. The van der Waals surface area contributed by atoms with Crippen molar-refractivity contribution in [2.45, 2.75) is 31.3 Å². The van der Waals surface area contributed by atoms with Gasteiger partial charge in [-0.3, -0.25) is 4.79 Å². The van der Waals surface area contributed by atoms with Crippen molar-refractivity contribution < 1.29 is 34.1 Å². The van der Waals surface area contributed by atoms with Crippen LogP contribution in [0.2, 0.25) is 6.32 Å². The van der Waals surface area contributed by atoms with Gasteiger partial charge in [0.05, 0.1) is 36.9 Å². The molecule has 0 saturated carbocycles. The van der Waals surface area contributed by atoms with E-state index in [4.69, 9.17) is 15.1 Å². The minimum Gasteiger partial charge on any atom is -0.669 e. The molecule has 1 aromatic heterocycles. The van der Waals surface area contributed by atoms with Gasteiger partial charge in [0, 0.05) is 12.6 Å². The molecule has 4 rings (SSSR count). The van der Waals surface area contributed by atoms with Gasteiger partial charge >= 0.3 is 12.7 Å². The van der Waals surface area contributed by atoms with Gasteiger partial charge in [0.15, 0.2) is 0 Å². The van der Waals surface area contributed by atoms with Gasteiger partial charge in [0.2, 0.25) is 5.91 Å². The lowest BCUT2D eigenvalue weighted by atomic mass is 9.70. The van der Waals surface area contributed by atoms with E-state index in [9.17, 15) is 24.7 Å². The van der Waals surface area contributed by atoms with Gasteiger partial charge in [-0.05, 0) is 18.1 Å². The molecule has 1 atom stereocenters. The number of nitrogens with two attached hydrogens (primary N) is 1. The average molecular weight is 417 g/mol. The number of carboxylic acids is 1. The van der Waals surface area contributed by atoms with Crippen LogP contribution in [0, 0.1) is 0 Å². The van der Waals surface area contributed by atoms with E-state index in [0.29, 0.717) is 17.7 Å². The molecule has 6 N–H and O–H groups in total. The number of H-pyrrole nitrogens is 1. The number of fused-ring (bicyclic) bond motifs is 1. The molecule has 1 saturated heterocycles. The Morgan fingerprint density at radius 2 is 2.17 bits per heavy atom. The highest BCUT2D eigenvalue weighted by molar-refractivity contribution is 6.59. The zero-order chi connectivity index (χ0) is 21.5. The number of nitrogens with zero attached hydrogens (tertiary/aromatic N) is 2. The average Bonchev–Trinajstić information content (AvgIpc) is 3.15. The van der Waals surface area contributed by atoms with Crippen molar-refractivity contribution >= 4 is 18.6 Å². The summed E-state index contributed by atoms with van der Waals surface area (Å²) >= 11 is 0. The number of nitrogens with one attached hydrogen (secondary N) is 1. The van der Waals surface area contributed by atoms with Crippen molar-refractivity contribution in [1.82, 2.24) is 14.9 Å². The quantitative estimate of drug-likeness (QED) is 0.375. The lowest BCUT2D eigenvalue weighted by Crippen LogP contribution is -2.60. The molecular weight excluding hydrogens is 395 g/mol. The molecule has 0 radical (unpaired) electrons. The predicted octanol–water partition coefficient (Wildman–Crippen LogP) is -0.874. The Bertz CT molecular complexity index is 960. The molecule has 1 fully saturated rings. The van der Waals surface area contributed by atoms with Crippen molar-refractivity contribution in [1.29, 1.82) is 0 Å². The molecule has 0 spiro atoms. The number of likely N-dealkylation sites (tertiary alicyclic amines) is 1. The Labute approximate surface area is 171 Å². The molecule has 30 heavy (non-hydrogen) atoms. The van der Waals surface area contributed by atoms with E-state index in [-0.39, 0.29) is 48.8 Å². The van der Waals surface area contributed by atoms with Crippen molar-refractivity contribution in [2.24, 2.45) is 5.73 Å². The number of hydrogen-bond donors (Lipinski definition) is 5. The maximum absolute atomic E-state index is 12.4. The normalized spacial score (nSPS) is 18.7. The molecule has 2 aliphatic heterocycles. The molecule has 12 heteroatoms. The standard InChI is InChI=1S/C18H22BN4O7/c20-13(5-11-6-21-9-22-11)17(24)23-7-12(8-23)29-14-2-1-10-3-4-19(27,28)30-16(10)15(14)18(25)26/h1-2,6,9,12-13,27-28H,3-5,7-8,20H2,(H,21,22)(H,25,26)/q-1. The zero-order valence-corrected chi connectivity index (χ0v) is 16.0. The van der Waals surface area contributed by atoms with Gasteiger partial charge in [-0.1, -0.05) is 12.4 Å². The Morgan fingerprint density at radius 1 is 1.40 bits per heavy atom. The number of aromatic carboxylic acids is 1. The lowest BCUT2D eigenvalue weighted by molar-refractivity contribution is -0.141. The third kappa shape index (κ3) is 3.97. The minimum absolute atomic E-state index is 0.00943. The first-order valence-corrected chi connectivity index (χ1v) is 9.60. The van der Waals surface area contributed by atoms with E-state index >= 15 is 0 Å². The highest BCUT2D eigenvalue weighted by Crippen LogP contribution is 2.38. The van der Waals surface area contributed by atoms with E-state index in [0.717, 1.165) is 0 Å². The van der Waals surface area contributed by atoms with Gasteiger partial charge in [-0.2, -0.15) is 0 Å². The number of imidazole rings is 1. The van der Waals surface area contributed by atoms with Crippen LogP contribution in [0.25, 0.3) is 0 Å². The van der Waals surface area contributed by atoms with E-state index in [1.165, 1.54) is 17.3 Å². The number of hydrogen-bond acceptors (Lipinski definition) is 8. The molecule has 3 heterocycles. The van der Waals surface area contributed by atoms with Crippen LogP contribution in [0.4, 0.5) is 0 Å². The first kappa shape index (κ1) is 20.2. The van der Waals surface area contributed by atoms with E-state index in [1.807, 2.05) is 0 Å². The Morgan fingerprint density at radius 3 is 2.83 bits per heavy atom. The first-order chi connectivity index (χ1) is 14.2. The molecule has 0 aliphatic carbocycles. The SMILES string of the molecule is NC(Cc1c[nH]cn1)C(=O)N1CC(Oc2ccc3c(c2C(=O)O)O[B-](O)(O)CC3)C1. The summed E-state index contributed by atoms with van der Waals surface area (Å²) in [5.41, 5.74) is 6.95. The van der Waals surface area contributed by atoms with Crippen LogP contribution in [0.15, 0.2) is 24.7 Å². The van der Waals surface area contributed by atoms with Crippen molar-refractivity contribution in [3.63, 3.8) is 0 Å². The van der Waals surface area contributed by atoms with Crippen LogP contribution >= 0.6 is 0 Å². The Balaban J connectivity index is 1.41. The van der Waals surface area contributed by atoms with Crippen molar-refractivity contribution in [2.75, 3.05) is 13.1 Å². The molecule has 0 bridgehead atoms. The summed E-state index contributed by atoms with van der Waals surface area (Å²) in [7, 11) is 0. The topological polar surface area (TPSA) is 171 Å². The molecule has 160 valence electrons. The summed E-state index contributed by atoms with van der Waals surface area (Å²) in [5.74, 6) is -1.58. The van der Waals surface area contributed by atoms with Gasteiger partial charge in [-0.25, -0.2) is 9.78 Å². The van der Waals surface area contributed by atoms with Gasteiger partial charge < -0.3 is 40.2 Å². The lowest BCUT2D eigenvalue weighted by Gasteiger charge is -2.41. The fourth-order valence-electron chi connectivity index (χ4n) is 3.65. The third-order valence-electron chi connectivity index (χ3n) is 5.27. The van der Waals surface area contributed by atoms with Crippen LogP contribution in [-0.2, 0) is 17.6 Å². The number of carbonyl (C=O) groups is 2. The minimum atomic E-state index is -3.11. The van der Waals surface area contributed by atoms with Gasteiger partial charge in [-0.15, -0.1) is 0 Å². The molecular formula is C18H22BN4O7-. The van der Waals surface area contributed by atoms with E-state index in [1.54, 1.807) is 12.3 Å². The van der Waals surface area contributed by atoms with Crippen molar-refractivity contribution in [3.8, 4) is 11.5 Å². The number of rotatable bonds is 6. The summed E-state index contributed by atoms with van der Waals surface area (Å²) in [5, 5.41) is 29.2. The summed E-state index contributed by atoms with van der Waals surface area (Å²) in [4.78, 5) is 32.6. The molecule has 2 aromatic rings. The number of aromatic nitrogens is 2. The summed E-state index contributed by atoms with van der Waals surface area (Å²) in [6.07, 6.45) is 3.36. The van der Waals surface area contributed by atoms with Gasteiger partial charge in [0.1, 0.15) is 17.4 Å². The second-order valence-electron chi connectivity index (χ2n) is 7.60. The molecule has 2 aliphatic rings. The number of aryl methyl sites for hydroxylation is 1. The predicted molar refractivity (Wildman–Crippen MR) is 104 cm³/mol. The second kappa shape index (κ2) is 7.63. The summed E-state index contributed by atoms with van der Waals surface area (Å²) in [6, 6.07) is 2.43. The Hall–Kier alpha value is -3.09. The van der Waals surface area contributed by atoms with E-state index < -0.39 is 24.9 Å². The number of benzene rings is 1. The van der Waals surface area contributed by atoms with Crippen molar-refractivity contribution in [3.05, 3.63) is 41.5 Å². The molecule has 11 nitrogen and oxygen atoms in total. The number of aromatic amines is 1. The molecule has 1 amide bonds. The number of carboxylic acid groups (broad SMARTS) is 1.